The molecule has 0 amide bonds. The van der Waals surface area contributed by atoms with Crippen LogP contribution in [0.4, 0.5) is 4.39 Å². The maximum absolute atomic E-state index is 14.3. The van der Waals surface area contributed by atoms with E-state index in [0.29, 0.717) is 11.6 Å². The Morgan fingerprint density at radius 1 is 1.29 bits per heavy atom. The third-order valence-corrected chi connectivity index (χ3v) is 8.61. The summed E-state index contributed by atoms with van der Waals surface area (Å²) in [5.41, 5.74) is 0. The maximum atomic E-state index is 14.3. The number of rotatable bonds is 5. The SMILES string of the molecule is CCCCOc1c(Cl)cc[c]([Sn]([CH3])([CH3])[CH3])c1F. The predicted molar refractivity (Wildman–Crippen MR) is 74.8 cm³/mol. The first-order chi connectivity index (χ1) is 7.88. The fraction of sp³-hybridized carbons (Fsp3) is 0.538. The molecule has 96 valence electrons. The number of unbranched alkanes of at least 4 members (excludes halogenated alkanes) is 1. The van der Waals surface area contributed by atoms with E-state index >= 15 is 0 Å². The summed E-state index contributed by atoms with van der Waals surface area (Å²) in [6.45, 7) is 2.60. The Hall–Kier alpha value is 0.0387. The van der Waals surface area contributed by atoms with Crippen molar-refractivity contribution in [3.05, 3.63) is 23.0 Å². The minimum atomic E-state index is -2.43. The zero-order chi connectivity index (χ0) is 13.1. The van der Waals surface area contributed by atoms with Gasteiger partial charge in [-0.05, 0) is 0 Å². The monoisotopic (exact) mass is 366 g/mol. The van der Waals surface area contributed by atoms with Crippen molar-refractivity contribution < 1.29 is 9.13 Å². The number of hydrogen-bond donors (Lipinski definition) is 0. The molecule has 0 aromatic heterocycles. The Balaban J connectivity index is 3.03. The van der Waals surface area contributed by atoms with Gasteiger partial charge in [0, 0.05) is 0 Å². The Morgan fingerprint density at radius 3 is 2.47 bits per heavy atom. The van der Waals surface area contributed by atoms with Gasteiger partial charge in [0.15, 0.2) is 0 Å². The van der Waals surface area contributed by atoms with Gasteiger partial charge in [0.1, 0.15) is 0 Å². The van der Waals surface area contributed by atoms with Crippen molar-refractivity contribution in [2.24, 2.45) is 0 Å². The van der Waals surface area contributed by atoms with E-state index in [4.69, 9.17) is 16.3 Å². The molecule has 1 rings (SSSR count). The number of halogens is 2. The van der Waals surface area contributed by atoms with Crippen molar-refractivity contribution in [1.82, 2.24) is 0 Å². The summed E-state index contributed by atoms with van der Waals surface area (Å²) in [5, 5.41) is 0.373. The van der Waals surface area contributed by atoms with Crippen LogP contribution >= 0.6 is 11.6 Å². The van der Waals surface area contributed by atoms with Crippen molar-refractivity contribution in [2.75, 3.05) is 6.61 Å². The predicted octanol–water partition coefficient (Wildman–Crippen LogP) is 4.20. The van der Waals surface area contributed by atoms with Gasteiger partial charge >= 0.3 is 113 Å². The van der Waals surface area contributed by atoms with Crippen LogP contribution in [0, 0.1) is 5.82 Å². The van der Waals surface area contributed by atoms with Crippen molar-refractivity contribution in [1.29, 1.82) is 0 Å². The van der Waals surface area contributed by atoms with Gasteiger partial charge in [-0.2, -0.15) is 0 Å². The fourth-order valence-corrected chi connectivity index (χ4v) is 5.63. The van der Waals surface area contributed by atoms with E-state index in [2.05, 4.69) is 21.7 Å². The van der Waals surface area contributed by atoms with Gasteiger partial charge in [-0.1, -0.05) is 0 Å². The summed E-state index contributed by atoms with van der Waals surface area (Å²) >= 11 is 3.56. The Kier molecular flexibility index (Phi) is 5.57. The minimum absolute atomic E-state index is 0.239. The fourth-order valence-electron chi connectivity index (χ4n) is 1.56. The summed E-state index contributed by atoms with van der Waals surface area (Å²) in [7, 11) is 0. The molecule has 0 aliphatic heterocycles. The van der Waals surface area contributed by atoms with Crippen molar-refractivity contribution in [2.45, 2.75) is 34.6 Å². The molecule has 4 heteroatoms. The van der Waals surface area contributed by atoms with E-state index in [-0.39, 0.29) is 11.6 Å². The number of ether oxygens (including phenoxy) is 1. The molecule has 0 saturated carbocycles. The molecule has 0 unspecified atom stereocenters. The Bertz CT molecular complexity index is 388. The van der Waals surface area contributed by atoms with E-state index in [1.54, 1.807) is 6.07 Å². The summed E-state index contributed by atoms with van der Waals surface area (Å²) < 4.78 is 20.6. The first kappa shape index (κ1) is 15.1. The van der Waals surface area contributed by atoms with Crippen molar-refractivity contribution in [3.8, 4) is 5.75 Å². The first-order valence-corrected chi connectivity index (χ1v) is 16.4. The van der Waals surface area contributed by atoms with E-state index in [1.165, 1.54) is 0 Å². The summed E-state index contributed by atoms with van der Waals surface area (Å²) in [4.78, 5) is 6.53. The molecule has 1 aromatic carbocycles. The van der Waals surface area contributed by atoms with Crippen LogP contribution in [0.1, 0.15) is 19.8 Å². The topological polar surface area (TPSA) is 9.23 Å². The Morgan fingerprint density at radius 2 is 1.94 bits per heavy atom. The summed E-state index contributed by atoms with van der Waals surface area (Å²) in [5.74, 6) is 0.00106. The molecule has 17 heavy (non-hydrogen) atoms. The second-order valence-corrected chi connectivity index (χ2v) is 20.0. The van der Waals surface area contributed by atoms with Crippen LogP contribution in [0.15, 0.2) is 12.1 Å². The molecule has 0 heterocycles. The Labute approximate surface area is 112 Å². The van der Waals surface area contributed by atoms with Crippen molar-refractivity contribution >= 4 is 33.6 Å². The number of benzene rings is 1. The van der Waals surface area contributed by atoms with Crippen LogP contribution in [-0.4, -0.2) is 25.0 Å². The average Bonchev–Trinajstić information content (AvgIpc) is 2.21. The molecule has 0 aliphatic rings. The van der Waals surface area contributed by atoms with E-state index in [0.717, 1.165) is 16.4 Å². The standard InChI is InChI=1S/C10H11ClFO.3CH3.Sn/c1-2-3-7-13-10-8(11)5-4-6-9(10)12;;;;/h4-5H,2-3,7H2,1H3;3*1H3;. The molecule has 0 N–H and O–H groups in total. The van der Waals surface area contributed by atoms with Gasteiger partial charge in [-0.3, -0.25) is 0 Å². The molecule has 0 fully saturated rings. The molecule has 1 aromatic rings. The quantitative estimate of drug-likeness (QED) is 0.561. The zero-order valence-corrected chi connectivity index (χ0v) is 14.6. The van der Waals surface area contributed by atoms with Gasteiger partial charge in [0.2, 0.25) is 0 Å². The third-order valence-electron chi connectivity index (χ3n) is 2.60. The zero-order valence-electron chi connectivity index (χ0n) is 10.9. The molecule has 0 radical (unpaired) electrons. The average molecular weight is 365 g/mol. The van der Waals surface area contributed by atoms with Gasteiger partial charge < -0.3 is 0 Å². The second-order valence-electron chi connectivity index (χ2n) is 5.19. The van der Waals surface area contributed by atoms with Crippen LogP contribution in [0.2, 0.25) is 19.8 Å². The molecule has 0 bridgehead atoms. The van der Waals surface area contributed by atoms with Crippen LogP contribution < -0.4 is 8.32 Å². The second kappa shape index (κ2) is 6.28. The van der Waals surface area contributed by atoms with Gasteiger partial charge in [-0.15, -0.1) is 0 Å². The van der Waals surface area contributed by atoms with Crippen LogP contribution in [0.3, 0.4) is 0 Å². The molecule has 1 nitrogen and oxygen atoms in total. The van der Waals surface area contributed by atoms with Crippen LogP contribution in [0.25, 0.3) is 0 Å². The van der Waals surface area contributed by atoms with Gasteiger partial charge in [0.25, 0.3) is 0 Å². The molecule has 0 spiro atoms. The molecular weight excluding hydrogens is 345 g/mol. The molecule has 0 atom stereocenters. The number of hydrogen-bond acceptors (Lipinski definition) is 1. The third kappa shape index (κ3) is 4.02. The van der Waals surface area contributed by atoms with E-state index < -0.39 is 18.4 Å². The molecule has 0 aliphatic carbocycles. The van der Waals surface area contributed by atoms with Gasteiger partial charge in [-0.25, -0.2) is 0 Å². The normalized spacial score (nSPS) is 11.6. The van der Waals surface area contributed by atoms with Gasteiger partial charge in [0.05, 0.1) is 0 Å². The van der Waals surface area contributed by atoms with Crippen LogP contribution in [0.5, 0.6) is 5.75 Å². The molecular formula is C13H20ClFOSn. The summed E-state index contributed by atoms with van der Waals surface area (Å²) in [6.07, 6.45) is 1.94. The molecule has 0 saturated heterocycles. The van der Waals surface area contributed by atoms with E-state index in [1.807, 2.05) is 6.07 Å². The first-order valence-electron chi connectivity index (χ1n) is 5.99. The van der Waals surface area contributed by atoms with Crippen LogP contribution in [-0.2, 0) is 0 Å². The van der Waals surface area contributed by atoms with E-state index in [9.17, 15) is 4.39 Å². The summed E-state index contributed by atoms with van der Waals surface area (Å²) in [6, 6.07) is 3.57. The van der Waals surface area contributed by atoms with Crippen molar-refractivity contribution in [3.63, 3.8) is 0 Å².